The molecule has 0 bridgehead atoms. The molecule has 1 aromatic rings. The Bertz CT molecular complexity index is 871. The number of carbonyl (C=O) groups is 4. The summed E-state index contributed by atoms with van der Waals surface area (Å²) in [7, 11) is 0. The Morgan fingerprint density at radius 1 is 0.875 bits per heavy atom. The SMILES string of the molecule is CC(=O)OC[C@H]1O[C@@H](/N=C/c2ccc(Cl)cc2)[C@H](OC(C)=O)[C@@H](OC(C)=O)[C@@H]1OC(C)=O. The van der Waals surface area contributed by atoms with Crippen LogP contribution in [0.1, 0.15) is 33.3 Å². The van der Waals surface area contributed by atoms with E-state index >= 15 is 0 Å². The van der Waals surface area contributed by atoms with Gasteiger partial charge >= 0.3 is 23.9 Å². The number of ether oxygens (including phenoxy) is 5. The van der Waals surface area contributed by atoms with E-state index in [1.54, 1.807) is 24.3 Å². The first kappa shape index (κ1) is 25.3. The molecule has 0 aromatic heterocycles. The minimum absolute atomic E-state index is 0.315. The molecular formula is C21H24ClNO9. The monoisotopic (exact) mass is 469 g/mol. The van der Waals surface area contributed by atoms with Crippen molar-refractivity contribution in [2.24, 2.45) is 4.99 Å². The number of halogens is 1. The topological polar surface area (TPSA) is 127 Å². The van der Waals surface area contributed by atoms with Crippen LogP contribution in [0.2, 0.25) is 5.02 Å². The van der Waals surface area contributed by atoms with Crippen LogP contribution in [0.25, 0.3) is 0 Å². The van der Waals surface area contributed by atoms with Gasteiger partial charge in [0, 0.05) is 38.9 Å². The Hall–Kier alpha value is -2.98. The van der Waals surface area contributed by atoms with Crippen molar-refractivity contribution in [1.29, 1.82) is 0 Å². The molecule has 174 valence electrons. The summed E-state index contributed by atoms with van der Waals surface area (Å²) in [4.78, 5) is 50.9. The van der Waals surface area contributed by atoms with E-state index in [4.69, 9.17) is 35.3 Å². The highest BCUT2D eigenvalue weighted by molar-refractivity contribution is 6.30. The molecule has 10 nitrogen and oxygen atoms in total. The fraction of sp³-hybridized carbons (Fsp3) is 0.476. The molecule has 2 rings (SSSR count). The van der Waals surface area contributed by atoms with Crippen LogP contribution in [-0.2, 0) is 42.9 Å². The van der Waals surface area contributed by atoms with Crippen LogP contribution in [0, 0.1) is 0 Å². The number of hydrogen-bond donors (Lipinski definition) is 0. The molecule has 5 atom stereocenters. The van der Waals surface area contributed by atoms with Gasteiger partial charge in [-0.15, -0.1) is 0 Å². The zero-order valence-electron chi connectivity index (χ0n) is 18.0. The number of benzene rings is 1. The molecule has 0 spiro atoms. The van der Waals surface area contributed by atoms with Gasteiger partial charge in [-0.05, 0) is 17.7 Å². The molecule has 0 saturated carbocycles. The molecule has 1 aliphatic heterocycles. The number of carbonyl (C=O) groups excluding carboxylic acids is 4. The Morgan fingerprint density at radius 3 is 1.94 bits per heavy atom. The average molecular weight is 470 g/mol. The number of hydrogen-bond acceptors (Lipinski definition) is 10. The first-order chi connectivity index (χ1) is 15.1. The van der Waals surface area contributed by atoms with Crippen LogP contribution in [0.15, 0.2) is 29.3 Å². The third-order valence-electron chi connectivity index (χ3n) is 4.21. The van der Waals surface area contributed by atoms with Gasteiger partial charge < -0.3 is 23.7 Å². The van der Waals surface area contributed by atoms with Crippen molar-refractivity contribution in [3.05, 3.63) is 34.9 Å². The molecule has 1 heterocycles. The van der Waals surface area contributed by atoms with Crippen LogP contribution in [0.4, 0.5) is 0 Å². The molecule has 32 heavy (non-hydrogen) atoms. The van der Waals surface area contributed by atoms with Crippen LogP contribution >= 0.6 is 11.6 Å². The maximum atomic E-state index is 11.8. The van der Waals surface area contributed by atoms with E-state index < -0.39 is 54.5 Å². The summed E-state index contributed by atoms with van der Waals surface area (Å²) >= 11 is 5.89. The summed E-state index contributed by atoms with van der Waals surface area (Å²) in [6.07, 6.45) is -4.48. The summed E-state index contributed by atoms with van der Waals surface area (Å²) < 4.78 is 26.9. The van der Waals surface area contributed by atoms with Gasteiger partial charge in [-0.1, -0.05) is 23.7 Å². The highest BCUT2D eigenvalue weighted by Gasteiger charge is 2.52. The second-order valence-electron chi connectivity index (χ2n) is 6.92. The zero-order chi connectivity index (χ0) is 23.8. The first-order valence-corrected chi connectivity index (χ1v) is 10.0. The Labute approximate surface area is 189 Å². The van der Waals surface area contributed by atoms with E-state index in [-0.39, 0.29) is 6.61 Å². The van der Waals surface area contributed by atoms with Crippen LogP contribution in [0.5, 0.6) is 0 Å². The van der Waals surface area contributed by atoms with Crippen molar-refractivity contribution >= 4 is 41.7 Å². The lowest BCUT2D eigenvalue weighted by molar-refractivity contribution is -0.250. The lowest BCUT2D eigenvalue weighted by Crippen LogP contribution is -2.62. The third kappa shape index (κ3) is 7.61. The summed E-state index contributed by atoms with van der Waals surface area (Å²) in [6.45, 7) is 4.35. The van der Waals surface area contributed by atoms with Gasteiger partial charge in [0.25, 0.3) is 0 Å². The smallest absolute Gasteiger partial charge is 0.303 e. The maximum absolute atomic E-state index is 11.8. The predicted octanol–water partition coefficient (Wildman–Crippen LogP) is 1.84. The fourth-order valence-electron chi connectivity index (χ4n) is 3.03. The molecule has 0 unspecified atom stereocenters. The van der Waals surface area contributed by atoms with E-state index in [1.807, 2.05) is 0 Å². The van der Waals surface area contributed by atoms with Gasteiger partial charge in [0.05, 0.1) is 0 Å². The Morgan fingerprint density at radius 2 is 1.41 bits per heavy atom. The fourth-order valence-corrected chi connectivity index (χ4v) is 3.16. The molecule has 0 amide bonds. The quantitative estimate of drug-likeness (QED) is 0.334. The van der Waals surface area contributed by atoms with Gasteiger partial charge in [-0.2, -0.15) is 0 Å². The molecule has 0 radical (unpaired) electrons. The number of aliphatic imine (C=N–C) groups is 1. The zero-order valence-corrected chi connectivity index (χ0v) is 18.7. The van der Waals surface area contributed by atoms with Gasteiger partial charge in [-0.3, -0.25) is 24.2 Å². The number of nitrogens with zero attached hydrogens (tertiary/aromatic N) is 1. The second-order valence-corrected chi connectivity index (χ2v) is 7.36. The van der Waals surface area contributed by atoms with Gasteiger partial charge in [-0.25, -0.2) is 0 Å². The van der Waals surface area contributed by atoms with E-state index in [0.717, 1.165) is 20.8 Å². The molecule has 0 aliphatic carbocycles. The van der Waals surface area contributed by atoms with E-state index in [0.29, 0.717) is 10.6 Å². The van der Waals surface area contributed by atoms with E-state index in [9.17, 15) is 19.2 Å². The largest absolute Gasteiger partial charge is 0.463 e. The lowest BCUT2D eigenvalue weighted by atomic mass is 9.97. The minimum Gasteiger partial charge on any atom is -0.463 e. The van der Waals surface area contributed by atoms with Gasteiger partial charge in [0.1, 0.15) is 12.7 Å². The highest BCUT2D eigenvalue weighted by Crippen LogP contribution is 2.30. The van der Waals surface area contributed by atoms with Crippen molar-refractivity contribution in [3.63, 3.8) is 0 Å². The molecule has 11 heteroatoms. The summed E-state index contributed by atoms with van der Waals surface area (Å²) in [6, 6.07) is 6.74. The molecule has 1 aromatic carbocycles. The Kier molecular flexibility index (Phi) is 9.15. The van der Waals surface area contributed by atoms with Crippen molar-refractivity contribution in [2.75, 3.05) is 6.61 Å². The van der Waals surface area contributed by atoms with Crippen LogP contribution < -0.4 is 0 Å². The highest BCUT2D eigenvalue weighted by atomic mass is 35.5. The van der Waals surface area contributed by atoms with Crippen molar-refractivity contribution in [3.8, 4) is 0 Å². The van der Waals surface area contributed by atoms with Crippen LogP contribution in [0.3, 0.4) is 0 Å². The normalized spacial score (nSPS) is 25.1. The predicted molar refractivity (Wildman–Crippen MR) is 111 cm³/mol. The summed E-state index contributed by atoms with van der Waals surface area (Å²) in [5, 5.41) is 0.537. The first-order valence-electron chi connectivity index (χ1n) is 9.66. The van der Waals surface area contributed by atoms with Crippen LogP contribution in [-0.4, -0.2) is 67.3 Å². The number of rotatable bonds is 7. The minimum atomic E-state index is -1.26. The molecule has 1 fully saturated rings. The Balaban J connectivity index is 2.44. The standard InChI is InChI=1S/C21H24ClNO9/c1-11(24)28-10-17-18(29-12(2)25)19(30-13(3)26)20(31-14(4)27)21(32-17)23-9-15-5-7-16(22)8-6-15/h5-9,17-21H,10H2,1-4H3/b23-9+/t17-,18-,19+,20-,21-/m1/s1. The summed E-state index contributed by atoms with van der Waals surface area (Å²) in [5.41, 5.74) is 0.669. The van der Waals surface area contributed by atoms with Gasteiger partial charge in [0.2, 0.25) is 0 Å². The lowest BCUT2D eigenvalue weighted by Gasteiger charge is -2.43. The maximum Gasteiger partial charge on any atom is 0.303 e. The molecule has 1 aliphatic rings. The molecular weight excluding hydrogens is 446 g/mol. The summed E-state index contributed by atoms with van der Waals surface area (Å²) in [5.74, 6) is -2.70. The molecule has 1 saturated heterocycles. The van der Waals surface area contributed by atoms with Crippen molar-refractivity contribution in [2.45, 2.75) is 58.3 Å². The van der Waals surface area contributed by atoms with E-state index in [2.05, 4.69) is 4.99 Å². The number of esters is 4. The van der Waals surface area contributed by atoms with E-state index in [1.165, 1.54) is 13.1 Å². The molecule has 0 N–H and O–H groups in total. The average Bonchev–Trinajstić information content (AvgIpc) is 2.69. The van der Waals surface area contributed by atoms with Crippen molar-refractivity contribution in [1.82, 2.24) is 0 Å². The second kappa shape index (κ2) is 11.6. The third-order valence-corrected chi connectivity index (χ3v) is 4.46. The van der Waals surface area contributed by atoms with Gasteiger partial charge in [0.15, 0.2) is 24.5 Å². The van der Waals surface area contributed by atoms with Crippen molar-refractivity contribution < 1.29 is 42.9 Å².